The van der Waals surface area contributed by atoms with E-state index in [9.17, 15) is 31.9 Å². The van der Waals surface area contributed by atoms with Crippen molar-refractivity contribution >= 4 is 34.9 Å². The van der Waals surface area contributed by atoms with Crippen molar-refractivity contribution < 1.29 is 45.0 Å². The zero-order valence-electron chi connectivity index (χ0n) is 23.4. The molecule has 17 heteroatoms. The van der Waals surface area contributed by atoms with E-state index < -0.39 is 48.3 Å². The number of aryl methyl sites for hydroxylation is 1. The predicted octanol–water partition coefficient (Wildman–Crippen LogP) is 5.36. The lowest BCUT2D eigenvalue weighted by Crippen LogP contribution is -2.45. The van der Waals surface area contributed by atoms with E-state index in [1.54, 1.807) is 6.92 Å². The molecule has 0 bridgehead atoms. The molecule has 0 aliphatic heterocycles. The van der Waals surface area contributed by atoms with Gasteiger partial charge in [-0.15, -0.1) is 0 Å². The summed E-state index contributed by atoms with van der Waals surface area (Å²) in [6, 6.07) is 0.135. The Morgan fingerprint density at radius 3 is 2.42 bits per heavy atom. The minimum Gasteiger partial charge on any atom is -0.434 e. The van der Waals surface area contributed by atoms with E-state index in [1.807, 2.05) is 0 Å². The zero-order valence-corrected chi connectivity index (χ0v) is 25.0. The largest absolute Gasteiger partial charge is 0.434 e. The topological polar surface area (TPSA) is 135 Å². The molecule has 2 fully saturated rings. The van der Waals surface area contributed by atoms with Gasteiger partial charge in [0.25, 0.3) is 5.91 Å². The maximum Gasteiger partial charge on any atom is 0.391 e. The van der Waals surface area contributed by atoms with Crippen LogP contribution in [-0.4, -0.2) is 65.2 Å². The number of nitrogens with zero attached hydrogens (tertiary/aromatic N) is 3. The van der Waals surface area contributed by atoms with Crippen LogP contribution in [0, 0.1) is 11.8 Å². The monoisotopic (exact) mass is 657 g/mol. The van der Waals surface area contributed by atoms with Gasteiger partial charge in [-0.3, -0.25) is 9.48 Å². The van der Waals surface area contributed by atoms with Crippen molar-refractivity contribution in [1.29, 1.82) is 0 Å². The normalized spacial score (nSPS) is 21.0. The van der Waals surface area contributed by atoms with Gasteiger partial charge >= 0.3 is 24.4 Å². The van der Waals surface area contributed by atoms with Crippen LogP contribution >= 0.6 is 11.6 Å². The molecule has 10 nitrogen and oxygen atoms in total. The van der Waals surface area contributed by atoms with Gasteiger partial charge in [0.1, 0.15) is 11.6 Å². The smallest absolute Gasteiger partial charge is 0.391 e. The summed E-state index contributed by atoms with van der Waals surface area (Å²) in [6.07, 6.45) is -0.339. The second-order valence-electron chi connectivity index (χ2n) is 10.8. The number of rotatable bonds is 11. The second-order valence-corrected chi connectivity index (χ2v) is 11.4. The summed E-state index contributed by atoms with van der Waals surface area (Å²) in [4.78, 5) is 17.1. The molecule has 0 unspecified atom stereocenters. The first-order chi connectivity index (χ1) is 20.2. The lowest BCUT2D eigenvalue weighted by Gasteiger charge is -2.34. The van der Waals surface area contributed by atoms with E-state index in [0.29, 0.717) is 31.6 Å². The maximum atomic E-state index is 13.4. The number of pyridine rings is 1. The zero-order chi connectivity index (χ0) is 31.9. The molecule has 2 saturated carbocycles. The van der Waals surface area contributed by atoms with Gasteiger partial charge in [0, 0.05) is 31.4 Å². The molecule has 240 valence electrons. The number of aromatic nitrogens is 3. The molecular formula is C26H33ClF5N5O5S. The molecule has 2 aromatic rings. The number of aliphatic hydroxyl groups is 1. The Kier molecular flexibility index (Phi) is 11.9. The van der Waals surface area contributed by atoms with Gasteiger partial charge in [-0.05, 0) is 57.3 Å². The molecular weight excluding hydrogens is 625 g/mol. The molecule has 2 heterocycles. The highest BCUT2D eigenvalue weighted by Crippen LogP contribution is 2.41. The van der Waals surface area contributed by atoms with Gasteiger partial charge in [-0.2, -0.15) is 35.5 Å². The van der Waals surface area contributed by atoms with Gasteiger partial charge in [0.15, 0.2) is 5.69 Å². The van der Waals surface area contributed by atoms with Crippen LogP contribution in [0.4, 0.5) is 27.8 Å². The first-order valence-corrected chi connectivity index (χ1v) is 14.7. The number of amides is 1. The Morgan fingerprint density at radius 2 is 1.88 bits per heavy atom. The molecule has 2 aliphatic carbocycles. The van der Waals surface area contributed by atoms with Crippen LogP contribution in [0.3, 0.4) is 0 Å². The van der Waals surface area contributed by atoms with Crippen LogP contribution < -0.4 is 15.4 Å². The highest BCUT2D eigenvalue weighted by molar-refractivity contribution is 7.51. The average molecular weight is 658 g/mol. The van der Waals surface area contributed by atoms with Crippen molar-refractivity contribution in [2.24, 2.45) is 11.8 Å². The fraction of sp³-hybridized carbons (Fsp3) is 0.654. The minimum atomic E-state index is -4.41. The van der Waals surface area contributed by atoms with E-state index in [1.165, 1.54) is 4.68 Å². The van der Waals surface area contributed by atoms with Gasteiger partial charge in [-0.25, -0.2) is 4.98 Å². The number of anilines is 1. The Balaban J connectivity index is 0.00000162. The Labute approximate surface area is 253 Å². The van der Waals surface area contributed by atoms with E-state index in [4.69, 9.17) is 24.8 Å². The van der Waals surface area contributed by atoms with Crippen LogP contribution in [0.1, 0.15) is 69.3 Å². The molecule has 4 rings (SSSR count). The maximum absolute atomic E-state index is 13.4. The Morgan fingerprint density at radius 1 is 1.26 bits per heavy atom. The second kappa shape index (κ2) is 14.8. The third-order valence-corrected chi connectivity index (χ3v) is 7.86. The summed E-state index contributed by atoms with van der Waals surface area (Å²) < 4.78 is 88.6. The van der Waals surface area contributed by atoms with Gasteiger partial charge in [-0.1, -0.05) is 18.5 Å². The average Bonchev–Trinajstić information content (AvgIpc) is 3.72. The third-order valence-electron chi connectivity index (χ3n) is 7.51. The first-order valence-electron chi connectivity index (χ1n) is 13.7. The number of hydrogen-bond donors (Lipinski definition) is 3. The lowest BCUT2D eigenvalue weighted by atomic mass is 9.79. The summed E-state index contributed by atoms with van der Waals surface area (Å²) in [5.41, 5.74) is -1.14. The van der Waals surface area contributed by atoms with E-state index in [-0.39, 0.29) is 52.5 Å². The first kappa shape index (κ1) is 34.6. The SMILES string of the molecule is CCn1nc(C(=O)NCC2(O)CCC(C)CC2)c(Cl)c1-c1cnc(N[C@H](CC(F)(F)F)C2CC2)cc1OC(F)F.O=S=O. The van der Waals surface area contributed by atoms with Crippen molar-refractivity contribution in [1.82, 2.24) is 20.1 Å². The third kappa shape index (κ3) is 9.83. The molecule has 0 spiro atoms. The summed E-state index contributed by atoms with van der Waals surface area (Å²) >= 11 is 5.80. The van der Waals surface area contributed by atoms with Crippen molar-refractivity contribution in [2.45, 2.75) is 89.8 Å². The molecule has 43 heavy (non-hydrogen) atoms. The van der Waals surface area contributed by atoms with Crippen LogP contribution in [0.25, 0.3) is 11.3 Å². The molecule has 2 aliphatic rings. The minimum absolute atomic E-state index is 0.00491. The number of carbonyl (C=O) groups is 1. The summed E-state index contributed by atoms with van der Waals surface area (Å²) in [7, 11) is 0. The summed E-state index contributed by atoms with van der Waals surface area (Å²) in [5.74, 6) is -0.796. The van der Waals surface area contributed by atoms with Crippen molar-refractivity contribution in [3.05, 3.63) is 23.0 Å². The summed E-state index contributed by atoms with van der Waals surface area (Å²) in [5, 5.41) is 20.3. The fourth-order valence-electron chi connectivity index (χ4n) is 5.04. The lowest BCUT2D eigenvalue weighted by molar-refractivity contribution is -0.138. The fourth-order valence-corrected chi connectivity index (χ4v) is 5.36. The van der Waals surface area contributed by atoms with Gasteiger partial charge in [0.2, 0.25) is 0 Å². The van der Waals surface area contributed by atoms with E-state index in [2.05, 4.69) is 27.6 Å². The number of ether oxygens (including phenoxy) is 1. The predicted molar refractivity (Wildman–Crippen MR) is 147 cm³/mol. The summed E-state index contributed by atoms with van der Waals surface area (Å²) in [6.45, 7) is 0.767. The van der Waals surface area contributed by atoms with E-state index in [0.717, 1.165) is 25.1 Å². The quantitative estimate of drug-likeness (QED) is 0.275. The number of hydrogen-bond acceptors (Lipinski definition) is 8. The standard InChI is InChI=1S/C26H33ClF5N5O3.O2S/c1-3-37-22(20(27)21(36-37)23(38)34-13-25(39)8-6-14(2)7-9-25)16-12-33-19(10-18(16)40-24(28)29)35-17(15-4-5-15)11-26(30,31)32;1-3-2/h10,12,14-15,17,24,39H,3-9,11,13H2,1-2H3,(H,33,35)(H,34,38);/t14?,17-,25?;/m1./s1. The number of carbonyl (C=O) groups excluding carboxylic acids is 1. The van der Waals surface area contributed by atoms with Crippen molar-refractivity contribution in [3.63, 3.8) is 0 Å². The molecule has 3 N–H and O–H groups in total. The molecule has 2 aromatic heterocycles. The van der Waals surface area contributed by atoms with Gasteiger partial charge < -0.3 is 20.5 Å². The number of halogens is 6. The number of alkyl halides is 5. The van der Waals surface area contributed by atoms with Crippen LogP contribution in [0.15, 0.2) is 12.3 Å². The van der Waals surface area contributed by atoms with Crippen LogP contribution in [0.5, 0.6) is 5.75 Å². The van der Waals surface area contributed by atoms with E-state index >= 15 is 0 Å². The highest BCUT2D eigenvalue weighted by atomic mass is 35.5. The number of nitrogens with one attached hydrogen (secondary N) is 2. The molecule has 0 saturated heterocycles. The van der Waals surface area contributed by atoms with Gasteiger partial charge in [0.05, 0.1) is 28.3 Å². The van der Waals surface area contributed by atoms with Crippen LogP contribution in [0.2, 0.25) is 5.02 Å². The highest BCUT2D eigenvalue weighted by Gasteiger charge is 2.40. The van der Waals surface area contributed by atoms with Crippen LogP contribution in [-0.2, 0) is 18.1 Å². The molecule has 1 amide bonds. The molecule has 1 atom stereocenters. The Bertz CT molecular complexity index is 1300. The molecule has 0 radical (unpaired) electrons. The van der Waals surface area contributed by atoms with Crippen molar-refractivity contribution in [3.8, 4) is 17.0 Å². The van der Waals surface area contributed by atoms with Crippen molar-refractivity contribution in [2.75, 3.05) is 11.9 Å². The molecule has 0 aromatic carbocycles. The Hall–Kier alpha value is -2.85.